The van der Waals surface area contributed by atoms with Crippen LogP contribution in [0.25, 0.3) is 0 Å². The molecule has 3 N–H and O–H groups in total. The van der Waals surface area contributed by atoms with Gasteiger partial charge in [-0.25, -0.2) is 0 Å². The van der Waals surface area contributed by atoms with Crippen LogP contribution in [-0.2, 0) is 4.79 Å². The molecule has 1 aromatic rings. The highest BCUT2D eigenvalue weighted by atomic mass is 16.1. The second kappa shape index (κ2) is 6.23. The number of rotatable bonds is 5. The summed E-state index contributed by atoms with van der Waals surface area (Å²) in [5.41, 5.74) is 7.33. The molecule has 0 radical (unpaired) electrons. The number of hydrogen-bond donors (Lipinski definition) is 2. The van der Waals surface area contributed by atoms with Crippen molar-refractivity contribution in [2.45, 2.75) is 26.7 Å². The lowest BCUT2D eigenvalue weighted by atomic mass is 10.0. The van der Waals surface area contributed by atoms with E-state index in [1.165, 1.54) is 0 Å². The van der Waals surface area contributed by atoms with Crippen molar-refractivity contribution in [3.8, 4) is 0 Å². The smallest absolute Gasteiger partial charge is 0.228 e. The van der Waals surface area contributed by atoms with Crippen LogP contribution >= 0.6 is 0 Å². The molecule has 0 saturated heterocycles. The first-order valence-corrected chi connectivity index (χ1v) is 5.60. The van der Waals surface area contributed by atoms with Crippen molar-refractivity contribution in [2.75, 3.05) is 11.9 Å². The Morgan fingerprint density at radius 2 is 2.31 bits per heavy atom. The van der Waals surface area contributed by atoms with Crippen molar-refractivity contribution in [1.29, 1.82) is 0 Å². The molecule has 0 aromatic carbocycles. The lowest BCUT2D eigenvalue weighted by Gasteiger charge is -2.13. The van der Waals surface area contributed by atoms with E-state index < -0.39 is 0 Å². The van der Waals surface area contributed by atoms with Gasteiger partial charge in [0.05, 0.1) is 17.8 Å². The number of aryl methyl sites for hydroxylation is 1. The van der Waals surface area contributed by atoms with E-state index in [0.717, 1.165) is 24.1 Å². The Labute approximate surface area is 96.3 Å². The predicted octanol–water partition coefficient (Wildman–Crippen LogP) is 1.70. The Balaban J connectivity index is 2.62. The number of nitrogens with two attached hydrogens (primary N) is 1. The Hall–Kier alpha value is -1.42. The first-order chi connectivity index (χ1) is 7.67. The summed E-state index contributed by atoms with van der Waals surface area (Å²) in [7, 11) is 0. The van der Waals surface area contributed by atoms with E-state index in [-0.39, 0.29) is 11.8 Å². The zero-order chi connectivity index (χ0) is 12.0. The summed E-state index contributed by atoms with van der Waals surface area (Å²) in [6.07, 6.45) is 5.18. The topological polar surface area (TPSA) is 68.0 Å². The lowest BCUT2D eigenvalue weighted by Crippen LogP contribution is -2.29. The van der Waals surface area contributed by atoms with E-state index in [1.54, 1.807) is 12.4 Å². The molecule has 88 valence electrons. The molecule has 0 fully saturated rings. The summed E-state index contributed by atoms with van der Waals surface area (Å²) in [5, 5.41) is 2.84. The van der Waals surface area contributed by atoms with Crippen LogP contribution in [0.4, 0.5) is 5.69 Å². The fraction of sp³-hybridized carbons (Fsp3) is 0.500. The molecule has 0 aliphatic carbocycles. The molecule has 4 nitrogen and oxygen atoms in total. The minimum absolute atomic E-state index is 0.0169. The summed E-state index contributed by atoms with van der Waals surface area (Å²) in [4.78, 5) is 15.8. The lowest BCUT2D eigenvalue weighted by molar-refractivity contribution is -0.119. The van der Waals surface area contributed by atoms with E-state index in [0.29, 0.717) is 6.54 Å². The quantitative estimate of drug-likeness (QED) is 0.795. The van der Waals surface area contributed by atoms with Gasteiger partial charge in [-0.1, -0.05) is 13.3 Å². The van der Waals surface area contributed by atoms with Gasteiger partial charge in [0.25, 0.3) is 0 Å². The van der Waals surface area contributed by atoms with Crippen molar-refractivity contribution in [1.82, 2.24) is 4.98 Å². The van der Waals surface area contributed by atoms with Crippen LogP contribution in [0.2, 0.25) is 0 Å². The van der Waals surface area contributed by atoms with Gasteiger partial charge in [0.2, 0.25) is 5.91 Å². The first kappa shape index (κ1) is 12.6. The number of carbonyl (C=O) groups excluding carboxylic acids is 1. The van der Waals surface area contributed by atoms with Crippen LogP contribution in [0.3, 0.4) is 0 Å². The Kier molecular flexibility index (Phi) is 4.92. The number of nitrogens with zero attached hydrogens (tertiary/aromatic N) is 1. The summed E-state index contributed by atoms with van der Waals surface area (Å²) < 4.78 is 0. The van der Waals surface area contributed by atoms with Gasteiger partial charge in [-0.15, -0.1) is 0 Å². The molecule has 16 heavy (non-hydrogen) atoms. The molecule has 1 rings (SSSR count). The van der Waals surface area contributed by atoms with Crippen LogP contribution in [0, 0.1) is 12.8 Å². The maximum absolute atomic E-state index is 11.8. The fourth-order valence-corrected chi connectivity index (χ4v) is 1.57. The SMILES string of the molecule is CCCC(CN)C(=O)Nc1cncc(C)c1. The molecule has 0 bridgehead atoms. The van der Waals surface area contributed by atoms with Gasteiger partial charge in [-0.3, -0.25) is 9.78 Å². The molecular formula is C12H19N3O. The molecule has 1 heterocycles. The van der Waals surface area contributed by atoms with Crippen LogP contribution in [0.15, 0.2) is 18.5 Å². The number of hydrogen-bond acceptors (Lipinski definition) is 3. The van der Waals surface area contributed by atoms with E-state index in [9.17, 15) is 4.79 Å². The van der Waals surface area contributed by atoms with Gasteiger partial charge in [0.1, 0.15) is 0 Å². The third kappa shape index (κ3) is 3.62. The highest BCUT2D eigenvalue weighted by Gasteiger charge is 2.15. The molecule has 0 aliphatic heterocycles. The standard InChI is InChI=1S/C12H19N3O/c1-3-4-10(6-13)12(16)15-11-5-9(2)7-14-8-11/h5,7-8,10H,3-4,6,13H2,1-2H3,(H,15,16). The Bertz CT molecular complexity index is 352. The number of nitrogens with one attached hydrogen (secondary N) is 1. The maximum atomic E-state index is 11.8. The van der Waals surface area contributed by atoms with Gasteiger partial charge in [0.15, 0.2) is 0 Å². The maximum Gasteiger partial charge on any atom is 0.228 e. The average molecular weight is 221 g/mol. The zero-order valence-corrected chi connectivity index (χ0v) is 9.86. The van der Waals surface area contributed by atoms with E-state index in [4.69, 9.17) is 5.73 Å². The number of pyridine rings is 1. The zero-order valence-electron chi connectivity index (χ0n) is 9.86. The van der Waals surface area contributed by atoms with Gasteiger partial charge in [0, 0.05) is 12.7 Å². The van der Waals surface area contributed by atoms with E-state index in [1.807, 2.05) is 19.9 Å². The van der Waals surface area contributed by atoms with E-state index in [2.05, 4.69) is 10.3 Å². The molecule has 1 amide bonds. The van der Waals surface area contributed by atoms with Gasteiger partial charge >= 0.3 is 0 Å². The van der Waals surface area contributed by atoms with Crippen molar-refractivity contribution in [3.05, 3.63) is 24.0 Å². The third-order valence-corrected chi connectivity index (χ3v) is 2.43. The molecule has 0 spiro atoms. The molecule has 0 saturated carbocycles. The van der Waals surface area contributed by atoms with Crippen molar-refractivity contribution in [3.63, 3.8) is 0 Å². The highest BCUT2D eigenvalue weighted by molar-refractivity contribution is 5.92. The number of anilines is 1. The number of aromatic nitrogens is 1. The van der Waals surface area contributed by atoms with Crippen molar-refractivity contribution < 1.29 is 4.79 Å². The van der Waals surface area contributed by atoms with Gasteiger partial charge < -0.3 is 11.1 Å². The molecule has 1 unspecified atom stereocenters. The number of amides is 1. The first-order valence-electron chi connectivity index (χ1n) is 5.60. The Morgan fingerprint density at radius 1 is 1.56 bits per heavy atom. The summed E-state index contributed by atoms with van der Waals surface area (Å²) in [5.74, 6) is -0.123. The van der Waals surface area contributed by atoms with Crippen LogP contribution in [0.5, 0.6) is 0 Å². The summed E-state index contributed by atoms with van der Waals surface area (Å²) >= 11 is 0. The molecule has 1 atom stereocenters. The normalized spacial score (nSPS) is 12.2. The minimum atomic E-state index is -0.106. The molecule has 1 aromatic heterocycles. The minimum Gasteiger partial charge on any atom is -0.330 e. The average Bonchev–Trinajstić information content (AvgIpc) is 2.25. The highest BCUT2D eigenvalue weighted by Crippen LogP contribution is 2.11. The summed E-state index contributed by atoms with van der Waals surface area (Å²) in [6, 6.07) is 1.89. The second-order valence-corrected chi connectivity index (χ2v) is 3.96. The monoisotopic (exact) mass is 221 g/mol. The van der Waals surface area contributed by atoms with Crippen LogP contribution in [-0.4, -0.2) is 17.4 Å². The molecular weight excluding hydrogens is 202 g/mol. The predicted molar refractivity (Wildman–Crippen MR) is 65.1 cm³/mol. The summed E-state index contributed by atoms with van der Waals surface area (Å²) in [6.45, 7) is 4.37. The molecule has 4 heteroatoms. The van der Waals surface area contributed by atoms with Crippen molar-refractivity contribution >= 4 is 11.6 Å². The van der Waals surface area contributed by atoms with Crippen molar-refractivity contribution in [2.24, 2.45) is 11.7 Å². The Morgan fingerprint density at radius 3 is 2.88 bits per heavy atom. The third-order valence-electron chi connectivity index (χ3n) is 2.43. The largest absolute Gasteiger partial charge is 0.330 e. The molecule has 0 aliphatic rings. The van der Waals surface area contributed by atoms with E-state index >= 15 is 0 Å². The van der Waals surface area contributed by atoms with Crippen LogP contribution in [0.1, 0.15) is 25.3 Å². The van der Waals surface area contributed by atoms with Crippen LogP contribution < -0.4 is 11.1 Å². The van der Waals surface area contributed by atoms with Gasteiger partial charge in [-0.05, 0) is 25.0 Å². The second-order valence-electron chi connectivity index (χ2n) is 3.96. The fourth-order valence-electron chi connectivity index (χ4n) is 1.57. The number of carbonyl (C=O) groups is 1. The van der Waals surface area contributed by atoms with Gasteiger partial charge in [-0.2, -0.15) is 0 Å².